The molecule has 2 aromatic rings. The van der Waals surface area contributed by atoms with E-state index in [4.69, 9.17) is 16.3 Å². The number of hydrogen-bond acceptors (Lipinski definition) is 4. The molecule has 0 saturated carbocycles. The minimum atomic E-state index is -3.53. The van der Waals surface area contributed by atoms with E-state index in [2.05, 4.69) is 5.32 Å². The van der Waals surface area contributed by atoms with Crippen LogP contribution in [0.1, 0.15) is 31.2 Å². The summed E-state index contributed by atoms with van der Waals surface area (Å²) in [6.45, 7) is 1.09. The lowest BCUT2D eigenvalue weighted by Gasteiger charge is -2.26. The Hall–Kier alpha value is -2.09. The fourth-order valence-electron chi connectivity index (χ4n) is 3.34. The molecule has 1 fully saturated rings. The van der Waals surface area contributed by atoms with Crippen molar-refractivity contribution in [3.63, 3.8) is 0 Å². The number of benzene rings is 2. The molecule has 3 rings (SSSR count). The average molecular weight is 437 g/mol. The van der Waals surface area contributed by atoms with Crippen LogP contribution in [0.2, 0.25) is 5.02 Å². The molecule has 0 atom stereocenters. The van der Waals surface area contributed by atoms with E-state index in [9.17, 15) is 13.2 Å². The predicted molar refractivity (Wildman–Crippen MR) is 114 cm³/mol. The highest BCUT2D eigenvalue weighted by Crippen LogP contribution is 2.26. The quantitative estimate of drug-likeness (QED) is 0.709. The second kappa shape index (κ2) is 9.61. The van der Waals surface area contributed by atoms with Crippen molar-refractivity contribution in [2.75, 3.05) is 25.5 Å². The molecule has 0 unspecified atom stereocenters. The second-order valence-corrected chi connectivity index (χ2v) is 9.35. The molecule has 0 aliphatic carbocycles. The molecule has 29 heavy (non-hydrogen) atoms. The van der Waals surface area contributed by atoms with Gasteiger partial charge in [-0.25, -0.2) is 8.42 Å². The molecule has 6 nitrogen and oxygen atoms in total. The summed E-state index contributed by atoms with van der Waals surface area (Å²) in [5.41, 5.74) is 1.40. The Morgan fingerprint density at radius 1 is 1.14 bits per heavy atom. The van der Waals surface area contributed by atoms with Crippen LogP contribution in [0.25, 0.3) is 0 Å². The number of sulfonamides is 1. The Kier molecular flexibility index (Phi) is 7.16. The van der Waals surface area contributed by atoms with Crippen LogP contribution in [0.3, 0.4) is 0 Å². The van der Waals surface area contributed by atoms with Gasteiger partial charge in [-0.2, -0.15) is 4.31 Å². The van der Waals surface area contributed by atoms with Gasteiger partial charge in [0.1, 0.15) is 5.75 Å². The number of methoxy groups -OCH3 is 1. The van der Waals surface area contributed by atoms with Crippen LogP contribution >= 0.6 is 11.6 Å². The summed E-state index contributed by atoms with van der Waals surface area (Å²) in [6.07, 6.45) is 3.59. The molecule has 156 valence electrons. The zero-order chi connectivity index (χ0) is 20.9. The summed E-state index contributed by atoms with van der Waals surface area (Å²) >= 11 is 6.11. The van der Waals surface area contributed by atoms with E-state index in [1.54, 1.807) is 37.4 Å². The van der Waals surface area contributed by atoms with Gasteiger partial charge in [-0.15, -0.1) is 0 Å². The number of rotatable bonds is 7. The van der Waals surface area contributed by atoms with E-state index < -0.39 is 10.0 Å². The molecule has 1 N–H and O–H groups in total. The van der Waals surface area contributed by atoms with Crippen LogP contribution < -0.4 is 10.1 Å². The van der Waals surface area contributed by atoms with E-state index in [0.717, 1.165) is 24.8 Å². The smallest absolute Gasteiger partial charge is 0.243 e. The number of nitrogens with zero attached hydrogens (tertiary/aromatic N) is 1. The third kappa shape index (κ3) is 5.50. The van der Waals surface area contributed by atoms with Crippen molar-refractivity contribution >= 4 is 33.2 Å². The summed E-state index contributed by atoms with van der Waals surface area (Å²) in [5, 5.41) is 3.29. The molecule has 1 aliphatic rings. The van der Waals surface area contributed by atoms with Crippen molar-refractivity contribution in [2.45, 2.75) is 37.0 Å². The number of piperidine rings is 1. The van der Waals surface area contributed by atoms with Gasteiger partial charge in [0.15, 0.2) is 0 Å². The van der Waals surface area contributed by atoms with Gasteiger partial charge in [-0.05, 0) is 55.2 Å². The van der Waals surface area contributed by atoms with E-state index in [0.29, 0.717) is 36.0 Å². The molecular formula is C21H25ClN2O4S. The molecule has 0 bridgehead atoms. The Labute approximate surface area is 176 Å². The first-order valence-corrected chi connectivity index (χ1v) is 11.4. The molecular weight excluding hydrogens is 412 g/mol. The summed E-state index contributed by atoms with van der Waals surface area (Å²) in [5.74, 6) is 0.399. The predicted octanol–water partition coefficient (Wildman–Crippen LogP) is 4.09. The van der Waals surface area contributed by atoms with E-state index >= 15 is 0 Å². The number of carbonyl (C=O) groups excluding carboxylic acids is 1. The van der Waals surface area contributed by atoms with Gasteiger partial charge < -0.3 is 10.1 Å². The van der Waals surface area contributed by atoms with Crippen molar-refractivity contribution in [1.29, 1.82) is 0 Å². The summed E-state index contributed by atoms with van der Waals surface area (Å²) in [4.78, 5) is 12.5. The second-order valence-electron chi connectivity index (χ2n) is 7.01. The standard InChI is InChI=1S/C21H25ClN2O4S/c1-28-20-10-8-16(14-19(20)22)9-11-21(25)23-17-6-5-7-18(15-17)29(26,27)24-12-3-2-4-13-24/h5-8,10,14-15H,2-4,9,11-13H2,1H3,(H,23,25). The molecule has 0 aromatic heterocycles. The molecule has 1 heterocycles. The molecule has 0 radical (unpaired) electrons. The first-order chi connectivity index (χ1) is 13.9. The first kappa shape index (κ1) is 21.6. The normalized spacial score (nSPS) is 15.1. The number of nitrogens with one attached hydrogen (secondary N) is 1. The van der Waals surface area contributed by atoms with E-state index in [1.807, 2.05) is 6.07 Å². The number of ether oxygens (including phenoxy) is 1. The van der Waals surface area contributed by atoms with Crippen molar-refractivity contribution < 1.29 is 17.9 Å². The maximum atomic E-state index is 12.8. The fourth-order valence-corrected chi connectivity index (χ4v) is 5.18. The topological polar surface area (TPSA) is 75.7 Å². The highest BCUT2D eigenvalue weighted by molar-refractivity contribution is 7.89. The molecule has 8 heteroatoms. The lowest BCUT2D eigenvalue weighted by molar-refractivity contribution is -0.116. The Bertz CT molecular complexity index is 972. The fraction of sp³-hybridized carbons (Fsp3) is 0.381. The number of hydrogen-bond donors (Lipinski definition) is 1. The van der Waals surface area contributed by atoms with Crippen molar-refractivity contribution in [2.24, 2.45) is 0 Å². The van der Waals surface area contributed by atoms with Crippen molar-refractivity contribution in [3.8, 4) is 5.75 Å². The average Bonchev–Trinajstić information content (AvgIpc) is 2.73. The molecule has 1 amide bonds. The van der Waals surface area contributed by atoms with Crippen LogP contribution in [0.15, 0.2) is 47.4 Å². The Morgan fingerprint density at radius 2 is 1.90 bits per heavy atom. The zero-order valence-electron chi connectivity index (χ0n) is 16.4. The molecule has 1 aliphatic heterocycles. The van der Waals surface area contributed by atoms with Gasteiger partial charge >= 0.3 is 0 Å². The van der Waals surface area contributed by atoms with Gasteiger partial charge in [-0.1, -0.05) is 30.2 Å². The zero-order valence-corrected chi connectivity index (χ0v) is 17.9. The van der Waals surface area contributed by atoms with E-state index in [-0.39, 0.29) is 17.2 Å². The lowest BCUT2D eigenvalue weighted by atomic mass is 10.1. The number of amides is 1. The van der Waals surface area contributed by atoms with Crippen LogP contribution in [-0.4, -0.2) is 38.8 Å². The third-order valence-corrected chi connectivity index (χ3v) is 7.12. The third-order valence-electron chi connectivity index (χ3n) is 4.93. The largest absolute Gasteiger partial charge is 0.495 e. The summed E-state index contributed by atoms with van der Waals surface area (Å²) in [6, 6.07) is 11.8. The minimum Gasteiger partial charge on any atom is -0.495 e. The van der Waals surface area contributed by atoms with Gasteiger partial charge in [0.05, 0.1) is 17.0 Å². The van der Waals surface area contributed by atoms with Crippen molar-refractivity contribution in [3.05, 3.63) is 53.1 Å². The monoisotopic (exact) mass is 436 g/mol. The number of aryl methyl sites for hydroxylation is 1. The van der Waals surface area contributed by atoms with Gasteiger partial charge in [0, 0.05) is 25.2 Å². The number of carbonyl (C=O) groups is 1. The van der Waals surface area contributed by atoms with Crippen LogP contribution in [0, 0.1) is 0 Å². The maximum Gasteiger partial charge on any atom is 0.243 e. The van der Waals surface area contributed by atoms with E-state index in [1.165, 1.54) is 10.4 Å². The van der Waals surface area contributed by atoms with Crippen LogP contribution in [0.5, 0.6) is 5.75 Å². The first-order valence-electron chi connectivity index (χ1n) is 9.62. The summed E-state index contributed by atoms with van der Waals surface area (Å²) < 4.78 is 32.3. The van der Waals surface area contributed by atoms with Gasteiger partial charge in [0.2, 0.25) is 15.9 Å². The van der Waals surface area contributed by atoms with Gasteiger partial charge in [-0.3, -0.25) is 4.79 Å². The SMILES string of the molecule is COc1ccc(CCC(=O)Nc2cccc(S(=O)(=O)N3CCCCC3)c2)cc1Cl. The molecule has 2 aromatic carbocycles. The van der Waals surface area contributed by atoms with Crippen LogP contribution in [-0.2, 0) is 21.2 Å². The van der Waals surface area contributed by atoms with Crippen molar-refractivity contribution in [1.82, 2.24) is 4.31 Å². The Morgan fingerprint density at radius 3 is 2.59 bits per heavy atom. The van der Waals surface area contributed by atoms with Gasteiger partial charge in [0.25, 0.3) is 0 Å². The lowest BCUT2D eigenvalue weighted by Crippen LogP contribution is -2.35. The number of halogens is 1. The Balaban J connectivity index is 1.62. The summed E-state index contributed by atoms with van der Waals surface area (Å²) in [7, 11) is -1.98. The highest BCUT2D eigenvalue weighted by atomic mass is 35.5. The maximum absolute atomic E-state index is 12.8. The highest BCUT2D eigenvalue weighted by Gasteiger charge is 2.26. The molecule has 0 spiro atoms. The molecule has 1 saturated heterocycles. The number of anilines is 1. The minimum absolute atomic E-state index is 0.190. The van der Waals surface area contributed by atoms with Crippen LogP contribution in [0.4, 0.5) is 5.69 Å².